The maximum absolute atomic E-state index is 6.46. The molecular formula is C32H35IN4OS. The molecule has 0 aliphatic carbocycles. The number of fused-ring (bicyclic) bond motifs is 4. The van der Waals surface area contributed by atoms with Gasteiger partial charge in [-0.05, 0) is 54.8 Å². The van der Waals surface area contributed by atoms with Crippen LogP contribution in [0, 0.1) is 0 Å². The second-order valence-electron chi connectivity index (χ2n) is 10.2. The number of piperazine rings is 1. The molecule has 5 aromatic rings. The lowest BCUT2D eigenvalue weighted by atomic mass is 10.1. The van der Waals surface area contributed by atoms with Gasteiger partial charge in [0.2, 0.25) is 11.1 Å². The van der Waals surface area contributed by atoms with Crippen molar-refractivity contribution in [3.05, 3.63) is 77.9 Å². The molecule has 0 amide bonds. The van der Waals surface area contributed by atoms with Gasteiger partial charge in [-0.3, -0.25) is 4.90 Å². The van der Waals surface area contributed by atoms with Crippen LogP contribution in [0.5, 0.6) is 0 Å². The predicted octanol–water partition coefficient (Wildman–Crippen LogP) is 3.12. The minimum Gasteiger partial charge on any atom is -1.00 e. The van der Waals surface area contributed by atoms with Gasteiger partial charge in [0.1, 0.15) is 12.6 Å². The van der Waals surface area contributed by atoms with Crippen LogP contribution in [0.25, 0.3) is 45.1 Å². The number of para-hydroxylation sites is 1. The van der Waals surface area contributed by atoms with E-state index in [4.69, 9.17) is 4.42 Å². The van der Waals surface area contributed by atoms with Crippen molar-refractivity contribution >= 4 is 62.6 Å². The van der Waals surface area contributed by atoms with Crippen LogP contribution in [0.3, 0.4) is 0 Å². The van der Waals surface area contributed by atoms with Crippen LogP contribution in [0.1, 0.15) is 11.1 Å². The van der Waals surface area contributed by atoms with E-state index in [2.05, 4.69) is 113 Å². The fourth-order valence-electron chi connectivity index (χ4n) is 5.41. The molecule has 5 nitrogen and oxygen atoms in total. The first-order chi connectivity index (χ1) is 18.6. The molecule has 1 aliphatic heterocycles. The van der Waals surface area contributed by atoms with E-state index in [1.165, 1.54) is 26.9 Å². The van der Waals surface area contributed by atoms with Crippen molar-refractivity contribution in [1.29, 1.82) is 0 Å². The van der Waals surface area contributed by atoms with Crippen molar-refractivity contribution < 1.29 is 33.0 Å². The second kappa shape index (κ2) is 12.3. The number of aromatic nitrogens is 1. The molecule has 3 heterocycles. The van der Waals surface area contributed by atoms with Crippen LogP contribution in [0.4, 0.5) is 5.69 Å². The third-order valence-electron chi connectivity index (χ3n) is 7.69. The maximum atomic E-state index is 6.46. The first-order valence-corrected chi connectivity index (χ1v) is 14.6. The quantitative estimate of drug-likeness (QED) is 0.127. The number of hydrogen-bond donors (Lipinski definition) is 1. The number of pyridine rings is 1. The summed E-state index contributed by atoms with van der Waals surface area (Å²) in [5.41, 5.74) is 7.63. The van der Waals surface area contributed by atoms with Gasteiger partial charge in [0, 0.05) is 50.2 Å². The lowest BCUT2D eigenvalue weighted by Crippen LogP contribution is -3.00. The van der Waals surface area contributed by atoms with E-state index in [9.17, 15) is 0 Å². The summed E-state index contributed by atoms with van der Waals surface area (Å²) < 4.78 is 8.75. The molecule has 0 unspecified atom stereocenters. The van der Waals surface area contributed by atoms with E-state index < -0.39 is 0 Å². The topological polar surface area (TPSA) is 35.5 Å². The van der Waals surface area contributed by atoms with Crippen molar-refractivity contribution in [2.75, 3.05) is 57.9 Å². The number of furan rings is 1. The number of aryl methyl sites for hydroxylation is 1. The number of halogens is 1. The van der Waals surface area contributed by atoms with Crippen LogP contribution in [-0.2, 0) is 7.05 Å². The number of benzene rings is 3. The molecule has 0 spiro atoms. The zero-order valence-corrected chi connectivity index (χ0v) is 25.8. The Balaban J connectivity index is 0.00000308. The van der Waals surface area contributed by atoms with Gasteiger partial charge in [0.15, 0.2) is 0 Å². The standard InChI is InChI=1S/C32H34N4OS.HI/c1-34-18-20-36(21-19-34)17-16-33-30-26-15-12-24(9-8-23-10-13-25(38-3)14-11-23)22-28(26)35(2)31-27-6-4-5-7-29(27)37-32(30)31;/h4-15,22H,16-21H2,1-3H3;1H/b9-8+;. The molecule has 0 bridgehead atoms. The Labute approximate surface area is 251 Å². The van der Waals surface area contributed by atoms with Gasteiger partial charge >= 0.3 is 0 Å². The van der Waals surface area contributed by atoms with E-state index in [-0.39, 0.29) is 24.0 Å². The minimum atomic E-state index is 0. The van der Waals surface area contributed by atoms with E-state index in [1.807, 2.05) is 6.07 Å². The van der Waals surface area contributed by atoms with E-state index in [1.54, 1.807) is 11.8 Å². The van der Waals surface area contributed by atoms with Gasteiger partial charge in [-0.25, -0.2) is 0 Å². The molecule has 202 valence electrons. The van der Waals surface area contributed by atoms with E-state index in [0.717, 1.165) is 67.0 Å². The molecule has 7 heteroatoms. The molecule has 2 aromatic heterocycles. The molecular weight excluding hydrogens is 615 g/mol. The Morgan fingerprint density at radius 2 is 1.64 bits per heavy atom. The average molecular weight is 651 g/mol. The van der Waals surface area contributed by atoms with E-state index >= 15 is 0 Å². The third kappa shape index (κ3) is 5.82. The zero-order chi connectivity index (χ0) is 26.1. The monoisotopic (exact) mass is 650 g/mol. The van der Waals surface area contributed by atoms with Crippen molar-refractivity contribution in [2.24, 2.45) is 7.05 Å². The molecule has 0 saturated carbocycles. The molecule has 1 fully saturated rings. The van der Waals surface area contributed by atoms with Crippen LogP contribution < -0.4 is 33.9 Å². The predicted molar refractivity (Wildman–Crippen MR) is 162 cm³/mol. The Kier molecular flexibility index (Phi) is 8.81. The lowest BCUT2D eigenvalue weighted by Gasteiger charge is -2.32. The Morgan fingerprint density at radius 1 is 0.923 bits per heavy atom. The Morgan fingerprint density at radius 3 is 2.41 bits per heavy atom. The second-order valence-corrected chi connectivity index (χ2v) is 11.0. The van der Waals surface area contributed by atoms with Crippen LogP contribution in [0.15, 0.2) is 76.0 Å². The summed E-state index contributed by atoms with van der Waals surface area (Å²) in [6.07, 6.45) is 6.49. The van der Waals surface area contributed by atoms with Crippen LogP contribution in [0.2, 0.25) is 0 Å². The Hall–Kier alpha value is -2.59. The van der Waals surface area contributed by atoms with Crippen molar-refractivity contribution in [3.63, 3.8) is 0 Å². The summed E-state index contributed by atoms with van der Waals surface area (Å²) in [7, 11) is 4.35. The number of thioether (sulfide) groups is 1. The van der Waals surface area contributed by atoms with Crippen molar-refractivity contribution in [1.82, 2.24) is 9.80 Å². The molecule has 1 N–H and O–H groups in total. The number of nitrogens with one attached hydrogen (secondary N) is 1. The molecule has 6 rings (SSSR count). The third-order valence-corrected chi connectivity index (χ3v) is 8.44. The highest BCUT2D eigenvalue weighted by atomic mass is 127. The maximum Gasteiger partial charge on any atom is 0.261 e. The summed E-state index contributed by atoms with van der Waals surface area (Å²) in [5, 5.41) is 6.11. The first kappa shape index (κ1) is 28.0. The number of nitrogens with zero attached hydrogens (tertiary/aromatic N) is 3. The number of anilines is 1. The summed E-state index contributed by atoms with van der Waals surface area (Å²) >= 11 is 1.77. The molecule has 0 atom stereocenters. The SMILES string of the molecule is CSc1ccc(/C=C/c2ccc3c(NCCN4CCN(C)CC4)c4oc5ccccc5c4[n+](C)c3c2)cc1.[I-]. The van der Waals surface area contributed by atoms with Gasteiger partial charge in [0.05, 0.1) is 16.5 Å². The average Bonchev–Trinajstić information content (AvgIpc) is 3.35. The van der Waals surface area contributed by atoms with Crippen molar-refractivity contribution in [2.45, 2.75) is 4.90 Å². The zero-order valence-electron chi connectivity index (χ0n) is 22.8. The van der Waals surface area contributed by atoms with Gasteiger partial charge in [0.25, 0.3) is 5.52 Å². The molecule has 3 aromatic carbocycles. The number of rotatable bonds is 7. The fourth-order valence-corrected chi connectivity index (χ4v) is 5.82. The lowest BCUT2D eigenvalue weighted by molar-refractivity contribution is -0.616. The fraction of sp³-hybridized carbons (Fsp3) is 0.281. The van der Waals surface area contributed by atoms with Gasteiger partial charge < -0.3 is 38.6 Å². The van der Waals surface area contributed by atoms with Crippen molar-refractivity contribution in [3.8, 4) is 0 Å². The summed E-state index contributed by atoms with van der Waals surface area (Å²) in [6, 6.07) is 23.8. The van der Waals surface area contributed by atoms with Crippen LogP contribution in [-0.4, -0.2) is 62.4 Å². The molecule has 1 saturated heterocycles. The highest BCUT2D eigenvalue weighted by Gasteiger charge is 2.25. The van der Waals surface area contributed by atoms with Gasteiger partial charge in [-0.2, -0.15) is 4.57 Å². The largest absolute Gasteiger partial charge is 1.00 e. The molecule has 0 radical (unpaired) electrons. The Bertz CT molecular complexity index is 1620. The van der Waals surface area contributed by atoms with E-state index in [0.29, 0.717) is 0 Å². The number of hydrogen-bond acceptors (Lipinski definition) is 5. The van der Waals surface area contributed by atoms with Gasteiger partial charge in [-0.15, -0.1) is 11.8 Å². The smallest absolute Gasteiger partial charge is 0.261 e. The highest BCUT2D eigenvalue weighted by Crippen LogP contribution is 2.36. The molecule has 1 aliphatic rings. The summed E-state index contributed by atoms with van der Waals surface area (Å²) in [6.45, 7) is 6.42. The minimum absolute atomic E-state index is 0. The van der Waals surface area contributed by atoms with Gasteiger partial charge in [-0.1, -0.05) is 42.5 Å². The first-order valence-electron chi connectivity index (χ1n) is 13.3. The summed E-state index contributed by atoms with van der Waals surface area (Å²) in [4.78, 5) is 6.23. The normalized spacial score (nSPS) is 14.9. The summed E-state index contributed by atoms with van der Waals surface area (Å²) in [5.74, 6) is 0. The molecule has 39 heavy (non-hydrogen) atoms. The number of likely N-dealkylation sites (N-methyl/N-ethyl adjacent to an activating group) is 1. The van der Waals surface area contributed by atoms with Crippen LogP contribution >= 0.6 is 11.8 Å². The highest BCUT2D eigenvalue weighted by molar-refractivity contribution is 7.98.